The Balaban J connectivity index is 1.57. The first-order chi connectivity index (χ1) is 16.8. The first kappa shape index (κ1) is 22.7. The van der Waals surface area contributed by atoms with Crippen molar-refractivity contribution in [3.05, 3.63) is 59.5 Å². The largest absolute Gasteiger partial charge is 0.369 e. The number of pyridine rings is 1. The maximum Gasteiger partial charge on any atom is 0.216 e. The molecule has 0 unspecified atom stereocenters. The zero-order valence-corrected chi connectivity index (χ0v) is 19.9. The molecule has 180 valence electrons. The van der Waals surface area contributed by atoms with Gasteiger partial charge in [-0.1, -0.05) is 32.0 Å². The van der Waals surface area contributed by atoms with Gasteiger partial charge in [-0.2, -0.15) is 5.10 Å². The fourth-order valence-electron chi connectivity index (χ4n) is 4.35. The number of rotatable bonds is 7. The van der Waals surface area contributed by atoms with Crippen molar-refractivity contribution in [3.63, 3.8) is 0 Å². The predicted octanol–water partition coefficient (Wildman–Crippen LogP) is 3.33. The minimum atomic E-state index is -0.292. The van der Waals surface area contributed by atoms with Crippen LogP contribution in [-0.2, 0) is 16.8 Å². The number of carbonyl (C=O) groups is 1. The number of hydrogen-bond acceptors (Lipinski definition) is 7. The number of carbonyl (C=O) groups excluding carboxylic acids is 1. The minimum Gasteiger partial charge on any atom is -0.369 e. The molecule has 3 N–H and O–H groups in total. The lowest BCUT2D eigenvalue weighted by Crippen LogP contribution is -2.27. The molecule has 0 atom stereocenters. The molecule has 10 heteroatoms. The third-order valence-corrected chi connectivity index (χ3v) is 6.07. The number of hydrogen-bond donors (Lipinski definition) is 3. The highest BCUT2D eigenvalue weighted by molar-refractivity contribution is 5.90. The van der Waals surface area contributed by atoms with E-state index in [-0.39, 0.29) is 23.7 Å². The molecule has 1 amide bonds. The van der Waals surface area contributed by atoms with Crippen LogP contribution in [0.5, 0.6) is 0 Å². The fraction of sp³-hybridized carbons (Fsp3) is 0.320. The predicted molar refractivity (Wildman–Crippen MR) is 133 cm³/mol. The van der Waals surface area contributed by atoms with E-state index in [1.54, 1.807) is 29.1 Å². The van der Waals surface area contributed by atoms with Gasteiger partial charge in [-0.3, -0.25) is 4.79 Å². The van der Waals surface area contributed by atoms with Gasteiger partial charge < -0.3 is 16.0 Å². The number of fused-ring (bicyclic) bond motifs is 2. The Morgan fingerprint density at radius 2 is 2.00 bits per heavy atom. The number of anilines is 2. The standard InChI is InChI=1S/C25H27FN8O/c1-15(35)27-11-12-28-21-19-22(30-14-25(19,2)3)32-23(31-21)20-17-8-6-10-29-24(17)34(33-20)13-16-7-4-5-9-18(16)26/h4-10H,11-14H2,1-3H3,(H,27,35)(H2,28,30,31,32). The normalized spacial score (nSPS) is 13.9. The molecule has 1 aliphatic rings. The van der Waals surface area contributed by atoms with Crippen LogP contribution < -0.4 is 16.0 Å². The zero-order chi connectivity index (χ0) is 24.6. The summed E-state index contributed by atoms with van der Waals surface area (Å²) in [4.78, 5) is 25.4. The Morgan fingerprint density at radius 1 is 1.17 bits per heavy atom. The van der Waals surface area contributed by atoms with Gasteiger partial charge in [0.05, 0.1) is 11.9 Å². The summed E-state index contributed by atoms with van der Waals surface area (Å²) in [5, 5.41) is 15.1. The molecular weight excluding hydrogens is 447 g/mol. The summed E-state index contributed by atoms with van der Waals surface area (Å²) >= 11 is 0. The van der Waals surface area contributed by atoms with E-state index >= 15 is 0 Å². The molecule has 4 heterocycles. The van der Waals surface area contributed by atoms with Crippen molar-refractivity contribution >= 4 is 28.6 Å². The van der Waals surface area contributed by atoms with E-state index in [4.69, 9.17) is 15.1 Å². The Hall–Kier alpha value is -4.08. The van der Waals surface area contributed by atoms with Crippen molar-refractivity contribution in [1.29, 1.82) is 0 Å². The number of benzene rings is 1. The van der Waals surface area contributed by atoms with Crippen LogP contribution in [0.2, 0.25) is 0 Å². The van der Waals surface area contributed by atoms with Gasteiger partial charge in [0.1, 0.15) is 23.1 Å². The number of halogens is 1. The Bertz CT molecular complexity index is 1410. The van der Waals surface area contributed by atoms with Crippen LogP contribution in [0.25, 0.3) is 22.6 Å². The number of amides is 1. The Labute approximate surface area is 202 Å². The summed E-state index contributed by atoms with van der Waals surface area (Å²) in [6.45, 7) is 7.71. The van der Waals surface area contributed by atoms with Gasteiger partial charge in [-0.25, -0.2) is 24.0 Å². The molecule has 1 aromatic carbocycles. The van der Waals surface area contributed by atoms with Gasteiger partial charge >= 0.3 is 0 Å². The molecule has 0 spiro atoms. The van der Waals surface area contributed by atoms with Crippen LogP contribution in [0.15, 0.2) is 42.6 Å². The lowest BCUT2D eigenvalue weighted by molar-refractivity contribution is -0.118. The first-order valence-electron chi connectivity index (χ1n) is 11.5. The fourth-order valence-corrected chi connectivity index (χ4v) is 4.35. The van der Waals surface area contributed by atoms with Crippen molar-refractivity contribution in [2.24, 2.45) is 0 Å². The van der Waals surface area contributed by atoms with Gasteiger partial charge in [0.25, 0.3) is 0 Å². The highest BCUT2D eigenvalue weighted by Crippen LogP contribution is 2.41. The average molecular weight is 475 g/mol. The Morgan fingerprint density at radius 3 is 2.80 bits per heavy atom. The van der Waals surface area contributed by atoms with Crippen molar-refractivity contribution in [2.75, 3.05) is 30.3 Å². The van der Waals surface area contributed by atoms with Crippen molar-refractivity contribution < 1.29 is 9.18 Å². The van der Waals surface area contributed by atoms with E-state index in [9.17, 15) is 9.18 Å². The molecule has 0 radical (unpaired) electrons. The van der Waals surface area contributed by atoms with E-state index < -0.39 is 0 Å². The molecule has 1 aliphatic heterocycles. The number of nitrogens with one attached hydrogen (secondary N) is 3. The molecule has 0 bridgehead atoms. The lowest BCUT2D eigenvalue weighted by atomic mass is 9.88. The molecule has 9 nitrogen and oxygen atoms in total. The molecule has 3 aromatic heterocycles. The maximum atomic E-state index is 14.3. The SMILES string of the molecule is CC(=O)NCCNc1nc(-c2nn(Cc3ccccc3F)c3ncccc23)nc2c1C(C)(C)CN2. The van der Waals surface area contributed by atoms with E-state index in [0.717, 1.165) is 23.3 Å². The molecule has 0 fully saturated rings. The van der Waals surface area contributed by atoms with E-state index in [2.05, 4.69) is 34.8 Å². The summed E-state index contributed by atoms with van der Waals surface area (Å²) in [6.07, 6.45) is 1.69. The molecule has 0 saturated carbocycles. The van der Waals surface area contributed by atoms with Crippen LogP contribution >= 0.6 is 0 Å². The second-order valence-electron chi connectivity index (χ2n) is 9.24. The monoisotopic (exact) mass is 474 g/mol. The summed E-state index contributed by atoms with van der Waals surface area (Å²) in [5.41, 5.74) is 2.55. The molecule has 5 rings (SSSR count). The molecule has 0 saturated heterocycles. The first-order valence-corrected chi connectivity index (χ1v) is 11.5. The van der Waals surface area contributed by atoms with Crippen LogP contribution in [0, 0.1) is 5.82 Å². The van der Waals surface area contributed by atoms with Crippen LogP contribution in [-0.4, -0.2) is 50.3 Å². The van der Waals surface area contributed by atoms with Gasteiger partial charge in [0.2, 0.25) is 5.91 Å². The summed E-state index contributed by atoms with van der Waals surface area (Å²) in [5.74, 6) is 1.52. The third kappa shape index (κ3) is 4.39. The van der Waals surface area contributed by atoms with Crippen LogP contribution in [0.3, 0.4) is 0 Å². The second kappa shape index (κ2) is 8.94. The molecule has 4 aromatic rings. The number of aromatic nitrogens is 5. The van der Waals surface area contributed by atoms with Gasteiger partial charge in [-0.15, -0.1) is 0 Å². The smallest absolute Gasteiger partial charge is 0.216 e. The summed E-state index contributed by atoms with van der Waals surface area (Å²) in [6, 6.07) is 10.4. The van der Waals surface area contributed by atoms with E-state index in [1.807, 2.05) is 12.1 Å². The quantitative estimate of drug-likeness (QED) is 0.353. The molecular formula is C25H27FN8O. The van der Waals surface area contributed by atoms with Gasteiger partial charge in [0.15, 0.2) is 11.5 Å². The lowest BCUT2D eigenvalue weighted by Gasteiger charge is -2.20. The van der Waals surface area contributed by atoms with Gasteiger partial charge in [0, 0.05) is 49.3 Å². The summed E-state index contributed by atoms with van der Waals surface area (Å²) in [7, 11) is 0. The Kier molecular flexibility index (Phi) is 5.80. The summed E-state index contributed by atoms with van der Waals surface area (Å²) < 4.78 is 16.0. The molecule has 35 heavy (non-hydrogen) atoms. The van der Waals surface area contributed by atoms with Gasteiger partial charge in [-0.05, 0) is 18.2 Å². The van der Waals surface area contributed by atoms with E-state index in [1.165, 1.54) is 13.0 Å². The minimum absolute atomic E-state index is 0.0817. The number of nitrogens with zero attached hydrogens (tertiary/aromatic N) is 5. The zero-order valence-electron chi connectivity index (χ0n) is 19.9. The topological polar surface area (TPSA) is 110 Å². The average Bonchev–Trinajstić information content (AvgIpc) is 3.35. The van der Waals surface area contributed by atoms with Crippen LogP contribution in [0.4, 0.5) is 16.0 Å². The van der Waals surface area contributed by atoms with E-state index in [0.29, 0.717) is 41.6 Å². The molecule has 0 aliphatic carbocycles. The van der Waals surface area contributed by atoms with Crippen LogP contribution in [0.1, 0.15) is 31.9 Å². The second-order valence-corrected chi connectivity index (χ2v) is 9.24. The van der Waals surface area contributed by atoms with Crippen molar-refractivity contribution in [3.8, 4) is 11.5 Å². The highest BCUT2D eigenvalue weighted by atomic mass is 19.1. The third-order valence-electron chi connectivity index (χ3n) is 6.07. The maximum absolute atomic E-state index is 14.3. The van der Waals surface area contributed by atoms with Crippen molar-refractivity contribution in [2.45, 2.75) is 32.7 Å². The van der Waals surface area contributed by atoms with Crippen molar-refractivity contribution in [1.82, 2.24) is 30.0 Å². The highest BCUT2D eigenvalue weighted by Gasteiger charge is 2.35.